The summed E-state index contributed by atoms with van der Waals surface area (Å²) in [5.74, 6) is 2.06. The molecule has 0 radical (unpaired) electrons. The second-order valence-electron chi connectivity index (χ2n) is 5.73. The van der Waals surface area contributed by atoms with Gasteiger partial charge in [-0.05, 0) is 24.3 Å². The highest BCUT2D eigenvalue weighted by Crippen LogP contribution is 2.19. The number of hydrogen-bond acceptors (Lipinski definition) is 7. The summed E-state index contributed by atoms with van der Waals surface area (Å²) in [6.45, 7) is 1.09. The maximum Gasteiger partial charge on any atom is 0.260 e. The third-order valence-electron chi connectivity index (χ3n) is 4.01. The van der Waals surface area contributed by atoms with Gasteiger partial charge in [0, 0.05) is 13.0 Å². The van der Waals surface area contributed by atoms with E-state index in [0.29, 0.717) is 30.6 Å². The average molecular weight is 359 g/mol. The largest absolute Gasteiger partial charge is 0.497 e. The predicted molar refractivity (Wildman–Crippen MR) is 92.7 cm³/mol. The summed E-state index contributed by atoms with van der Waals surface area (Å²) in [5.41, 5.74) is 0. The third-order valence-corrected chi connectivity index (χ3v) is 4.01. The lowest BCUT2D eigenvalue weighted by molar-refractivity contribution is -0.132. The fourth-order valence-corrected chi connectivity index (χ4v) is 2.62. The zero-order valence-corrected chi connectivity index (χ0v) is 14.8. The molecule has 1 atom stereocenters. The predicted octanol–water partition coefficient (Wildman–Crippen LogP) is 1.55. The van der Waals surface area contributed by atoms with Crippen LogP contribution in [0.1, 0.15) is 6.42 Å². The van der Waals surface area contributed by atoms with E-state index >= 15 is 0 Å². The van der Waals surface area contributed by atoms with Gasteiger partial charge in [0.25, 0.3) is 5.91 Å². The van der Waals surface area contributed by atoms with Gasteiger partial charge in [0.15, 0.2) is 6.61 Å². The lowest BCUT2D eigenvalue weighted by Crippen LogP contribution is -2.34. The molecule has 26 heavy (non-hydrogen) atoms. The van der Waals surface area contributed by atoms with E-state index in [4.69, 9.17) is 18.9 Å². The van der Waals surface area contributed by atoms with Gasteiger partial charge in [0.2, 0.25) is 11.8 Å². The number of amides is 1. The van der Waals surface area contributed by atoms with Crippen molar-refractivity contribution in [2.24, 2.45) is 0 Å². The number of hydrogen-bond donors (Lipinski definition) is 0. The minimum absolute atomic E-state index is 0.0159. The highest BCUT2D eigenvalue weighted by Gasteiger charge is 2.28. The van der Waals surface area contributed by atoms with E-state index in [2.05, 4.69) is 9.97 Å². The molecule has 0 aliphatic carbocycles. The van der Waals surface area contributed by atoms with Gasteiger partial charge in [0.1, 0.15) is 17.6 Å². The fraction of sp³-hybridized carbons (Fsp3) is 0.389. The molecule has 8 heteroatoms. The molecule has 1 amide bonds. The quantitative estimate of drug-likeness (QED) is 0.742. The molecule has 8 nitrogen and oxygen atoms in total. The van der Waals surface area contributed by atoms with Crippen LogP contribution in [0.3, 0.4) is 0 Å². The second kappa shape index (κ2) is 8.37. The molecular formula is C18H21N3O5. The summed E-state index contributed by atoms with van der Waals surface area (Å²) in [7, 11) is 3.12. The number of benzene rings is 1. The Morgan fingerprint density at radius 2 is 1.85 bits per heavy atom. The average Bonchev–Trinajstić information content (AvgIpc) is 3.15. The van der Waals surface area contributed by atoms with Crippen LogP contribution in [0.5, 0.6) is 23.3 Å². The van der Waals surface area contributed by atoms with Crippen LogP contribution >= 0.6 is 0 Å². The standard InChI is InChI=1S/C18H21N3O5/c1-23-13-3-5-14(6-4-13)25-12-18(22)21-8-7-15(11-21)26-17-10-19-9-16(20-17)24-2/h3-6,9-10,15H,7-8,11-12H2,1-2H3. The lowest BCUT2D eigenvalue weighted by atomic mass is 10.3. The topological polar surface area (TPSA) is 83.0 Å². The van der Waals surface area contributed by atoms with Crippen LogP contribution in [0, 0.1) is 0 Å². The summed E-state index contributed by atoms with van der Waals surface area (Å²) in [5, 5.41) is 0. The molecule has 138 valence electrons. The van der Waals surface area contributed by atoms with Gasteiger partial charge in [0.05, 0.1) is 33.2 Å². The van der Waals surface area contributed by atoms with E-state index in [1.54, 1.807) is 36.3 Å². The Hall–Kier alpha value is -3.03. The highest BCUT2D eigenvalue weighted by molar-refractivity contribution is 5.78. The van der Waals surface area contributed by atoms with Crippen molar-refractivity contribution in [2.75, 3.05) is 33.9 Å². The van der Waals surface area contributed by atoms with Crippen molar-refractivity contribution in [3.63, 3.8) is 0 Å². The van der Waals surface area contributed by atoms with Crippen molar-refractivity contribution in [2.45, 2.75) is 12.5 Å². The molecule has 1 saturated heterocycles. The van der Waals surface area contributed by atoms with Gasteiger partial charge in [-0.25, -0.2) is 0 Å². The first-order chi connectivity index (χ1) is 12.7. The van der Waals surface area contributed by atoms with Gasteiger partial charge in [-0.2, -0.15) is 4.98 Å². The number of methoxy groups -OCH3 is 2. The highest BCUT2D eigenvalue weighted by atomic mass is 16.5. The molecular weight excluding hydrogens is 338 g/mol. The van der Waals surface area contributed by atoms with E-state index in [1.165, 1.54) is 19.5 Å². The maximum absolute atomic E-state index is 12.3. The molecule has 0 saturated carbocycles. The van der Waals surface area contributed by atoms with E-state index in [9.17, 15) is 4.79 Å². The number of ether oxygens (including phenoxy) is 4. The zero-order valence-electron chi connectivity index (χ0n) is 14.8. The van der Waals surface area contributed by atoms with Gasteiger partial charge in [-0.3, -0.25) is 9.78 Å². The first-order valence-corrected chi connectivity index (χ1v) is 8.25. The van der Waals surface area contributed by atoms with E-state index in [-0.39, 0.29) is 18.6 Å². The monoisotopic (exact) mass is 359 g/mol. The zero-order chi connectivity index (χ0) is 18.4. The minimum Gasteiger partial charge on any atom is -0.497 e. The third kappa shape index (κ3) is 4.53. The first-order valence-electron chi connectivity index (χ1n) is 8.25. The van der Waals surface area contributed by atoms with Crippen LogP contribution in [0.25, 0.3) is 0 Å². The molecule has 1 aliphatic rings. The molecule has 1 unspecified atom stereocenters. The molecule has 0 N–H and O–H groups in total. The Morgan fingerprint density at radius 3 is 2.58 bits per heavy atom. The number of rotatable bonds is 7. The summed E-state index contributed by atoms with van der Waals surface area (Å²) in [6.07, 6.45) is 3.64. The van der Waals surface area contributed by atoms with Crippen molar-refractivity contribution in [3.05, 3.63) is 36.7 Å². The Kier molecular flexibility index (Phi) is 5.73. The number of carbonyl (C=O) groups excluding carboxylic acids is 1. The van der Waals surface area contributed by atoms with E-state index < -0.39 is 0 Å². The summed E-state index contributed by atoms with van der Waals surface area (Å²) in [4.78, 5) is 22.2. The summed E-state index contributed by atoms with van der Waals surface area (Å²) < 4.78 is 21.4. The smallest absolute Gasteiger partial charge is 0.260 e. The lowest BCUT2D eigenvalue weighted by Gasteiger charge is -2.17. The van der Waals surface area contributed by atoms with E-state index in [0.717, 1.165) is 12.2 Å². The molecule has 1 aliphatic heterocycles. The fourth-order valence-electron chi connectivity index (χ4n) is 2.62. The molecule has 1 aromatic heterocycles. The summed E-state index contributed by atoms with van der Waals surface area (Å²) in [6, 6.07) is 7.11. The van der Waals surface area contributed by atoms with Crippen molar-refractivity contribution in [3.8, 4) is 23.3 Å². The van der Waals surface area contributed by atoms with Gasteiger partial charge >= 0.3 is 0 Å². The van der Waals surface area contributed by atoms with Gasteiger partial charge in [-0.15, -0.1) is 0 Å². The Labute approximate surface area is 151 Å². The first kappa shape index (κ1) is 17.8. The molecule has 3 rings (SSSR count). The van der Waals surface area contributed by atoms with Crippen molar-refractivity contribution < 1.29 is 23.7 Å². The number of carbonyl (C=O) groups is 1. The molecule has 0 spiro atoms. The van der Waals surface area contributed by atoms with Crippen LogP contribution in [0.15, 0.2) is 36.7 Å². The minimum atomic E-state index is -0.124. The number of aromatic nitrogens is 2. The van der Waals surface area contributed by atoms with Crippen LogP contribution in [0.2, 0.25) is 0 Å². The summed E-state index contributed by atoms with van der Waals surface area (Å²) >= 11 is 0. The van der Waals surface area contributed by atoms with Crippen molar-refractivity contribution in [1.29, 1.82) is 0 Å². The number of nitrogens with zero attached hydrogens (tertiary/aromatic N) is 3. The second-order valence-corrected chi connectivity index (χ2v) is 5.73. The molecule has 2 heterocycles. The van der Waals surface area contributed by atoms with Gasteiger partial charge in [-0.1, -0.05) is 0 Å². The van der Waals surface area contributed by atoms with E-state index in [1.807, 2.05) is 0 Å². The normalized spacial score (nSPS) is 16.2. The maximum atomic E-state index is 12.3. The molecule has 0 bridgehead atoms. The van der Waals surface area contributed by atoms with Crippen LogP contribution in [-0.4, -0.2) is 60.8 Å². The molecule has 1 fully saturated rings. The number of likely N-dealkylation sites (tertiary alicyclic amines) is 1. The van der Waals surface area contributed by atoms with Crippen molar-refractivity contribution >= 4 is 5.91 Å². The van der Waals surface area contributed by atoms with Gasteiger partial charge < -0.3 is 23.8 Å². The van der Waals surface area contributed by atoms with Crippen LogP contribution < -0.4 is 18.9 Å². The van der Waals surface area contributed by atoms with Crippen molar-refractivity contribution in [1.82, 2.24) is 14.9 Å². The molecule has 2 aromatic rings. The van der Waals surface area contributed by atoms with Crippen LogP contribution in [0.4, 0.5) is 0 Å². The molecule has 1 aromatic carbocycles. The Bertz CT molecular complexity index is 738. The Morgan fingerprint density at radius 1 is 1.12 bits per heavy atom. The van der Waals surface area contributed by atoms with Crippen LogP contribution in [-0.2, 0) is 4.79 Å². The SMILES string of the molecule is COc1ccc(OCC(=O)N2CCC(Oc3cncc(OC)n3)C2)cc1. The Balaban J connectivity index is 1.47.